The molecule has 5 heterocycles. The number of pyridine rings is 1. The molecule has 5 aromatic heterocycles. The van der Waals surface area contributed by atoms with Crippen molar-refractivity contribution < 1.29 is 29.4 Å². The molecule has 4 N–H and O–H groups in total. The van der Waals surface area contributed by atoms with E-state index in [2.05, 4.69) is 51.4 Å². The molecule has 19 heteroatoms. The van der Waals surface area contributed by atoms with Gasteiger partial charge < -0.3 is 20.8 Å². The molecule has 2 amide bonds. The lowest BCUT2D eigenvalue weighted by Crippen LogP contribution is -2.19. The van der Waals surface area contributed by atoms with Crippen molar-refractivity contribution in [2.24, 2.45) is 0 Å². The molecule has 18 nitrogen and oxygen atoms in total. The van der Waals surface area contributed by atoms with Gasteiger partial charge in [0.2, 0.25) is 0 Å². The molecule has 0 radical (unpaired) electrons. The molecule has 0 unspecified atom stereocenters. The second-order valence-electron chi connectivity index (χ2n) is 10.1. The third kappa shape index (κ3) is 6.77. The summed E-state index contributed by atoms with van der Waals surface area (Å²) in [6.45, 7) is 0. The third-order valence-corrected chi connectivity index (χ3v) is 7.26. The highest BCUT2D eigenvalue weighted by molar-refractivity contribution is 6.30. The monoisotopic (exact) mass is 668 g/mol. The number of imidazole rings is 1. The van der Waals surface area contributed by atoms with Crippen molar-refractivity contribution in [3.63, 3.8) is 0 Å². The molecule has 6 aromatic rings. The Kier molecular flexibility index (Phi) is 8.70. The molecule has 0 aliphatic heterocycles. The molecule has 0 bridgehead atoms. The first-order chi connectivity index (χ1) is 23.2. The number of carboxylic acid groups (broad SMARTS) is 2. The molecule has 0 saturated heterocycles. The molecule has 0 aliphatic rings. The van der Waals surface area contributed by atoms with Gasteiger partial charge in [0.25, 0.3) is 11.8 Å². The lowest BCUT2D eigenvalue weighted by atomic mass is 10.0. The number of aromatic nitrogens is 10. The van der Waals surface area contributed by atoms with E-state index < -0.39 is 29.4 Å². The van der Waals surface area contributed by atoms with Crippen LogP contribution in [0.5, 0.6) is 0 Å². The van der Waals surface area contributed by atoms with Gasteiger partial charge in [0.05, 0.1) is 16.9 Å². The number of carbonyl (C=O) groups is 4. The highest BCUT2D eigenvalue weighted by Gasteiger charge is 2.21. The zero-order chi connectivity index (χ0) is 33.8. The zero-order valence-corrected chi connectivity index (χ0v) is 25.1. The van der Waals surface area contributed by atoms with Gasteiger partial charge in [0.1, 0.15) is 11.5 Å². The van der Waals surface area contributed by atoms with E-state index in [1.165, 1.54) is 36.7 Å². The van der Waals surface area contributed by atoms with E-state index in [9.17, 15) is 29.4 Å². The number of rotatable bonds is 11. The number of benzene rings is 1. The number of halogens is 1. The number of hydrogen-bond acceptors (Lipinski definition) is 12. The second-order valence-corrected chi connectivity index (χ2v) is 10.4. The second kappa shape index (κ2) is 13.3. The lowest BCUT2D eigenvalue weighted by molar-refractivity contribution is 0.0683. The number of hydrogen-bond donors (Lipinski definition) is 4. The lowest BCUT2D eigenvalue weighted by Gasteiger charge is -2.13. The van der Waals surface area contributed by atoms with E-state index in [1.807, 2.05) is 0 Å². The van der Waals surface area contributed by atoms with Gasteiger partial charge in [-0.2, -0.15) is 0 Å². The van der Waals surface area contributed by atoms with E-state index in [1.54, 1.807) is 35.2 Å². The van der Waals surface area contributed by atoms with Gasteiger partial charge in [0.15, 0.2) is 28.5 Å². The number of aryl methyl sites for hydroxylation is 2. The maximum Gasteiger partial charge on any atom is 0.356 e. The number of fused-ring (bicyclic) bond motifs is 1. The van der Waals surface area contributed by atoms with Gasteiger partial charge >= 0.3 is 11.9 Å². The van der Waals surface area contributed by atoms with Crippen molar-refractivity contribution in [2.45, 2.75) is 19.3 Å². The topological polar surface area (TPSA) is 245 Å². The average molecular weight is 669 g/mol. The van der Waals surface area contributed by atoms with Gasteiger partial charge in [-0.1, -0.05) is 17.7 Å². The number of aromatic carboxylic acids is 2. The van der Waals surface area contributed by atoms with Crippen LogP contribution in [-0.2, 0) is 12.8 Å². The Balaban J connectivity index is 1.15. The fourth-order valence-electron chi connectivity index (χ4n) is 4.61. The predicted octanol–water partition coefficient (Wildman–Crippen LogP) is 2.62. The van der Waals surface area contributed by atoms with Crippen LogP contribution in [0.25, 0.3) is 11.5 Å². The Morgan fingerprint density at radius 3 is 2.35 bits per heavy atom. The molecule has 0 atom stereocenters. The minimum Gasteiger partial charge on any atom is -0.478 e. The van der Waals surface area contributed by atoms with Crippen LogP contribution in [0.4, 0.5) is 11.4 Å². The van der Waals surface area contributed by atoms with Gasteiger partial charge in [-0.05, 0) is 83.3 Å². The third-order valence-electron chi connectivity index (χ3n) is 6.93. The van der Waals surface area contributed by atoms with E-state index in [-0.39, 0.29) is 33.5 Å². The van der Waals surface area contributed by atoms with Crippen molar-refractivity contribution in [3.8, 4) is 5.82 Å². The van der Waals surface area contributed by atoms with Gasteiger partial charge in [-0.15, -0.1) is 25.0 Å². The standard InChI is InChI=1S/C29H21ClN12O6/c30-25-16(13-21(24(34-25)29(47)48)33-27(44)19-7-9-23-37-39-40-42(23)38-19)3-1-2-15-4-5-17(28(45)46)20(12-15)32-26(43)18-6-8-22(36-35-18)41-11-10-31-14-41/h4-14H,1-3H2,(H,32,43)(H,33,44)(H,45,46)(H,47,48). The smallest absolute Gasteiger partial charge is 0.356 e. The molecule has 0 aliphatic carbocycles. The Bertz CT molecular complexity index is 2190. The van der Waals surface area contributed by atoms with Crippen LogP contribution in [0, 0.1) is 0 Å². The Morgan fingerprint density at radius 2 is 1.62 bits per heavy atom. The summed E-state index contributed by atoms with van der Waals surface area (Å²) in [6.07, 6.45) is 5.95. The molecule has 0 fully saturated rings. The number of tetrazole rings is 1. The van der Waals surface area contributed by atoms with Gasteiger partial charge in [-0.25, -0.2) is 19.6 Å². The van der Waals surface area contributed by atoms with E-state index >= 15 is 0 Å². The predicted molar refractivity (Wildman–Crippen MR) is 165 cm³/mol. The van der Waals surface area contributed by atoms with Crippen molar-refractivity contribution >= 4 is 52.4 Å². The molecular weight excluding hydrogens is 648 g/mol. The van der Waals surface area contributed by atoms with E-state index in [4.69, 9.17) is 11.6 Å². The molecule has 6 rings (SSSR count). The van der Waals surface area contributed by atoms with Crippen molar-refractivity contribution in [2.75, 3.05) is 10.6 Å². The van der Waals surface area contributed by atoms with Crippen LogP contribution in [-0.4, -0.2) is 84.0 Å². The summed E-state index contributed by atoms with van der Waals surface area (Å²) in [5, 5.41) is 47.2. The molecule has 0 saturated carbocycles. The first-order valence-electron chi connectivity index (χ1n) is 14.0. The molecule has 240 valence electrons. The van der Waals surface area contributed by atoms with Crippen LogP contribution in [0.15, 0.2) is 67.3 Å². The first-order valence-corrected chi connectivity index (χ1v) is 14.3. The number of nitrogens with one attached hydrogen (secondary N) is 2. The van der Waals surface area contributed by atoms with Crippen LogP contribution >= 0.6 is 11.6 Å². The van der Waals surface area contributed by atoms with Crippen LogP contribution < -0.4 is 10.6 Å². The van der Waals surface area contributed by atoms with Crippen LogP contribution in [0.1, 0.15) is 59.4 Å². The summed E-state index contributed by atoms with van der Waals surface area (Å²) in [4.78, 5) is 57.5. The minimum atomic E-state index is -1.41. The van der Waals surface area contributed by atoms with Crippen molar-refractivity contribution in [3.05, 3.63) is 106 Å². The number of carboxylic acids is 2. The zero-order valence-electron chi connectivity index (χ0n) is 24.3. The summed E-state index contributed by atoms with van der Waals surface area (Å²) < 4.78 is 2.66. The number of carbonyl (C=O) groups excluding carboxylic acids is 2. The highest BCUT2D eigenvalue weighted by atomic mass is 35.5. The largest absolute Gasteiger partial charge is 0.478 e. The summed E-state index contributed by atoms with van der Waals surface area (Å²) in [7, 11) is 0. The fourth-order valence-corrected chi connectivity index (χ4v) is 4.84. The van der Waals surface area contributed by atoms with E-state index in [0.29, 0.717) is 41.9 Å². The Labute approximate surface area is 273 Å². The summed E-state index contributed by atoms with van der Waals surface area (Å²) in [6, 6.07) is 11.8. The maximum absolute atomic E-state index is 12.9. The van der Waals surface area contributed by atoms with Crippen LogP contribution in [0.3, 0.4) is 0 Å². The number of amides is 2. The highest BCUT2D eigenvalue weighted by Crippen LogP contribution is 2.26. The quantitative estimate of drug-likeness (QED) is 0.145. The Hall–Kier alpha value is -6.69. The van der Waals surface area contributed by atoms with Crippen LogP contribution in [0.2, 0.25) is 5.15 Å². The summed E-state index contributed by atoms with van der Waals surface area (Å²) in [5.74, 6) is -3.58. The number of anilines is 2. The van der Waals surface area contributed by atoms with Gasteiger partial charge in [-0.3, -0.25) is 14.2 Å². The molecule has 1 aromatic carbocycles. The summed E-state index contributed by atoms with van der Waals surface area (Å²) >= 11 is 6.32. The average Bonchev–Trinajstić information content (AvgIpc) is 3.78. The fraction of sp³-hybridized carbons (Fsp3) is 0.103. The van der Waals surface area contributed by atoms with Crippen molar-refractivity contribution in [1.29, 1.82) is 0 Å². The Morgan fingerprint density at radius 1 is 0.833 bits per heavy atom. The minimum absolute atomic E-state index is 0.0258. The van der Waals surface area contributed by atoms with Crippen molar-refractivity contribution in [1.82, 2.24) is 50.0 Å². The molecule has 48 heavy (non-hydrogen) atoms. The normalized spacial score (nSPS) is 10.9. The maximum atomic E-state index is 12.9. The van der Waals surface area contributed by atoms with Gasteiger partial charge in [0, 0.05) is 12.4 Å². The SMILES string of the molecule is O=C(Nc1cc(CCCc2cc(NC(=O)c3ccc4nnnn4n3)c(C(=O)O)nc2Cl)ccc1C(=O)O)c1ccc(-n2ccnc2)nn1. The molecular formula is C29H21ClN12O6. The number of nitrogens with zero attached hydrogens (tertiary/aromatic N) is 10. The van der Waals surface area contributed by atoms with E-state index in [0.717, 1.165) is 4.63 Å². The summed E-state index contributed by atoms with van der Waals surface area (Å²) in [5.41, 5.74) is 0.737. The first kappa shape index (κ1) is 31.3. The molecule has 0 spiro atoms.